The van der Waals surface area contributed by atoms with Crippen molar-refractivity contribution in [3.05, 3.63) is 34.9 Å². The lowest BCUT2D eigenvalue weighted by Crippen LogP contribution is -2.48. The van der Waals surface area contributed by atoms with Gasteiger partial charge in [-0.05, 0) is 31.5 Å². The van der Waals surface area contributed by atoms with Crippen LogP contribution in [0, 0.1) is 0 Å². The van der Waals surface area contributed by atoms with Crippen LogP contribution in [0.1, 0.15) is 33.3 Å². The molecular formula is C21H35ClN4O2. The molecule has 28 heavy (non-hydrogen) atoms. The average molecular weight is 411 g/mol. The van der Waals surface area contributed by atoms with Gasteiger partial charge in [0, 0.05) is 43.2 Å². The minimum absolute atomic E-state index is 0.0862. The quantitative estimate of drug-likeness (QED) is 0.453. The maximum atomic E-state index is 10.8. The Morgan fingerprint density at radius 1 is 1.18 bits per heavy atom. The molecule has 7 heteroatoms. The van der Waals surface area contributed by atoms with Crippen molar-refractivity contribution in [1.29, 1.82) is 0 Å². The molecule has 1 aliphatic heterocycles. The highest BCUT2D eigenvalue weighted by Crippen LogP contribution is 2.23. The summed E-state index contributed by atoms with van der Waals surface area (Å²) in [6, 6.07) is 7.95. The van der Waals surface area contributed by atoms with Gasteiger partial charge in [-0.1, -0.05) is 37.6 Å². The Morgan fingerprint density at radius 3 is 2.43 bits per heavy atom. The number of morpholine rings is 1. The lowest BCUT2D eigenvalue weighted by molar-refractivity contribution is -0.0179. The van der Waals surface area contributed by atoms with Crippen LogP contribution < -0.4 is 10.6 Å². The minimum atomic E-state index is -0.884. The monoisotopic (exact) mass is 410 g/mol. The SMILES string of the molecule is CCNC(=NCC(C)(O)CN1CCOCC1)NCC(C)(C)c1ccc(Cl)cc1. The van der Waals surface area contributed by atoms with Crippen LogP contribution in [-0.2, 0) is 10.2 Å². The second-order valence-corrected chi connectivity index (χ2v) is 8.76. The number of ether oxygens (including phenoxy) is 1. The zero-order valence-electron chi connectivity index (χ0n) is 17.6. The first-order valence-corrected chi connectivity index (χ1v) is 10.4. The predicted octanol–water partition coefficient (Wildman–Crippen LogP) is 2.26. The molecule has 1 heterocycles. The third-order valence-electron chi connectivity index (χ3n) is 4.91. The van der Waals surface area contributed by atoms with E-state index in [0.717, 1.165) is 37.9 Å². The molecule has 0 spiro atoms. The first kappa shape index (κ1) is 22.9. The third kappa shape index (κ3) is 7.59. The highest BCUT2D eigenvalue weighted by molar-refractivity contribution is 6.30. The second-order valence-electron chi connectivity index (χ2n) is 8.32. The van der Waals surface area contributed by atoms with E-state index in [2.05, 4.69) is 46.5 Å². The molecule has 1 atom stereocenters. The van der Waals surface area contributed by atoms with Crippen LogP contribution in [0.3, 0.4) is 0 Å². The summed E-state index contributed by atoms with van der Waals surface area (Å²) in [5, 5.41) is 18.2. The molecule has 1 aromatic rings. The van der Waals surface area contributed by atoms with E-state index in [1.165, 1.54) is 5.56 Å². The van der Waals surface area contributed by atoms with Crippen molar-refractivity contribution in [3.8, 4) is 0 Å². The molecule has 1 saturated heterocycles. The average Bonchev–Trinajstić information content (AvgIpc) is 2.65. The topological polar surface area (TPSA) is 69.1 Å². The number of aliphatic imine (C=N–C) groups is 1. The van der Waals surface area contributed by atoms with E-state index in [1.54, 1.807) is 0 Å². The summed E-state index contributed by atoms with van der Waals surface area (Å²) >= 11 is 6.01. The van der Waals surface area contributed by atoms with Crippen LogP contribution >= 0.6 is 11.6 Å². The van der Waals surface area contributed by atoms with Crippen LogP contribution in [0.2, 0.25) is 5.02 Å². The summed E-state index contributed by atoms with van der Waals surface area (Å²) in [6.07, 6.45) is 0. The molecule has 0 aliphatic carbocycles. The van der Waals surface area contributed by atoms with Crippen molar-refractivity contribution < 1.29 is 9.84 Å². The fourth-order valence-electron chi connectivity index (χ4n) is 3.19. The number of benzene rings is 1. The normalized spacial score (nSPS) is 18.6. The number of hydrogen-bond donors (Lipinski definition) is 3. The lowest BCUT2D eigenvalue weighted by Gasteiger charge is -2.33. The first-order chi connectivity index (χ1) is 13.2. The predicted molar refractivity (Wildman–Crippen MR) is 116 cm³/mol. The Hall–Kier alpha value is -1.34. The van der Waals surface area contributed by atoms with Crippen molar-refractivity contribution in [2.75, 3.05) is 52.5 Å². The van der Waals surface area contributed by atoms with Gasteiger partial charge in [0.2, 0.25) is 0 Å². The van der Waals surface area contributed by atoms with Gasteiger partial charge in [0.05, 0.1) is 25.4 Å². The fourth-order valence-corrected chi connectivity index (χ4v) is 3.32. The van der Waals surface area contributed by atoms with E-state index in [9.17, 15) is 5.11 Å². The Morgan fingerprint density at radius 2 is 1.82 bits per heavy atom. The minimum Gasteiger partial charge on any atom is -0.387 e. The van der Waals surface area contributed by atoms with E-state index in [1.807, 2.05) is 26.0 Å². The number of aliphatic hydroxyl groups is 1. The number of β-amino-alcohol motifs (C(OH)–C–C–N with tert-alkyl or cyclic N) is 1. The van der Waals surface area contributed by atoms with Crippen molar-refractivity contribution in [1.82, 2.24) is 15.5 Å². The number of halogens is 1. The number of nitrogens with zero attached hydrogens (tertiary/aromatic N) is 2. The molecule has 1 fully saturated rings. The molecule has 6 nitrogen and oxygen atoms in total. The van der Waals surface area contributed by atoms with Crippen molar-refractivity contribution >= 4 is 17.6 Å². The Bertz CT molecular complexity index is 626. The smallest absolute Gasteiger partial charge is 0.191 e. The maximum Gasteiger partial charge on any atom is 0.191 e. The lowest BCUT2D eigenvalue weighted by atomic mass is 9.85. The van der Waals surface area contributed by atoms with Crippen LogP contribution in [0.5, 0.6) is 0 Å². The van der Waals surface area contributed by atoms with Gasteiger partial charge in [-0.25, -0.2) is 0 Å². The van der Waals surface area contributed by atoms with Gasteiger partial charge in [0.25, 0.3) is 0 Å². The van der Waals surface area contributed by atoms with Crippen molar-refractivity contribution in [2.45, 2.75) is 38.7 Å². The maximum absolute atomic E-state index is 10.8. The van der Waals surface area contributed by atoms with Gasteiger partial charge in [0.1, 0.15) is 0 Å². The second kappa shape index (κ2) is 10.4. The van der Waals surface area contributed by atoms with Crippen molar-refractivity contribution in [2.24, 2.45) is 4.99 Å². The Balaban J connectivity index is 1.94. The molecule has 2 rings (SSSR count). The van der Waals surface area contributed by atoms with Crippen LogP contribution in [0.4, 0.5) is 0 Å². The molecule has 0 saturated carbocycles. The van der Waals surface area contributed by atoms with E-state index in [4.69, 9.17) is 16.3 Å². The summed E-state index contributed by atoms with van der Waals surface area (Å²) in [4.78, 5) is 6.85. The van der Waals surface area contributed by atoms with Crippen LogP contribution in [0.25, 0.3) is 0 Å². The van der Waals surface area contributed by atoms with E-state index < -0.39 is 5.60 Å². The van der Waals surface area contributed by atoms with Gasteiger partial charge in [-0.3, -0.25) is 9.89 Å². The summed E-state index contributed by atoms with van der Waals surface area (Å²) in [5.41, 5.74) is 0.238. The van der Waals surface area contributed by atoms with E-state index in [0.29, 0.717) is 25.6 Å². The number of guanidine groups is 1. The van der Waals surface area contributed by atoms with Gasteiger partial charge >= 0.3 is 0 Å². The molecule has 1 unspecified atom stereocenters. The zero-order valence-corrected chi connectivity index (χ0v) is 18.4. The highest BCUT2D eigenvalue weighted by atomic mass is 35.5. The standard InChI is InChI=1S/C21H35ClN4O2/c1-5-23-19(24-14-20(2,3)17-6-8-18(22)9-7-17)25-15-21(4,27)16-26-10-12-28-13-11-26/h6-9,27H,5,10-16H2,1-4H3,(H2,23,24,25). The summed E-state index contributed by atoms with van der Waals surface area (Å²) in [5.74, 6) is 0.715. The largest absolute Gasteiger partial charge is 0.387 e. The highest BCUT2D eigenvalue weighted by Gasteiger charge is 2.26. The van der Waals surface area contributed by atoms with E-state index >= 15 is 0 Å². The third-order valence-corrected chi connectivity index (χ3v) is 5.17. The van der Waals surface area contributed by atoms with Crippen LogP contribution in [-0.4, -0.2) is 74.0 Å². The van der Waals surface area contributed by atoms with Gasteiger partial charge < -0.3 is 20.5 Å². The Labute approximate surface area is 174 Å². The molecule has 1 aromatic carbocycles. The van der Waals surface area contributed by atoms with Gasteiger partial charge in [-0.2, -0.15) is 0 Å². The van der Waals surface area contributed by atoms with Gasteiger partial charge in [-0.15, -0.1) is 0 Å². The summed E-state index contributed by atoms with van der Waals surface area (Å²) in [6.45, 7) is 13.8. The molecular weight excluding hydrogens is 376 g/mol. The molecule has 0 aromatic heterocycles. The van der Waals surface area contributed by atoms with Gasteiger partial charge in [0.15, 0.2) is 5.96 Å². The van der Waals surface area contributed by atoms with Crippen molar-refractivity contribution in [3.63, 3.8) is 0 Å². The molecule has 0 bridgehead atoms. The number of hydrogen-bond acceptors (Lipinski definition) is 4. The molecule has 0 radical (unpaired) electrons. The summed E-state index contributed by atoms with van der Waals surface area (Å²) < 4.78 is 5.37. The Kier molecular flexibility index (Phi) is 8.56. The fraction of sp³-hybridized carbons (Fsp3) is 0.667. The first-order valence-electron chi connectivity index (χ1n) is 10.0. The summed E-state index contributed by atoms with van der Waals surface area (Å²) in [7, 11) is 0. The molecule has 1 aliphatic rings. The number of nitrogens with one attached hydrogen (secondary N) is 2. The molecule has 3 N–H and O–H groups in total. The molecule has 0 amide bonds. The number of rotatable bonds is 8. The zero-order chi connectivity index (χ0) is 20.6. The van der Waals surface area contributed by atoms with Crippen LogP contribution in [0.15, 0.2) is 29.3 Å². The van der Waals surface area contributed by atoms with E-state index in [-0.39, 0.29) is 5.41 Å². The molecule has 158 valence electrons.